The van der Waals surface area contributed by atoms with Gasteiger partial charge in [0.1, 0.15) is 0 Å². The van der Waals surface area contributed by atoms with Crippen molar-refractivity contribution in [1.29, 1.82) is 0 Å². The molecule has 1 aromatic heterocycles. The van der Waals surface area contributed by atoms with E-state index in [9.17, 15) is 0 Å². The van der Waals surface area contributed by atoms with Gasteiger partial charge in [-0.1, -0.05) is 0 Å². The first-order chi connectivity index (χ1) is 10.1. The Bertz CT molecular complexity index is 499. The van der Waals surface area contributed by atoms with E-state index < -0.39 is 0 Å². The molecule has 0 saturated carbocycles. The summed E-state index contributed by atoms with van der Waals surface area (Å²) in [4.78, 5) is 5.28. The van der Waals surface area contributed by atoms with Crippen LogP contribution in [0.1, 0.15) is 36.7 Å². The van der Waals surface area contributed by atoms with E-state index in [0.29, 0.717) is 12.6 Å². The van der Waals surface area contributed by atoms with Gasteiger partial charge in [0.05, 0.1) is 18.8 Å². The number of aromatic nitrogens is 2. The third-order valence-electron chi connectivity index (χ3n) is 5.27. The van der Waals surface area contributed by atoms with Crippen LogP contribution in [0.25, 0.3) is 0 Å². The summed E-state index contributed by atoms with van der Waals surface area (Å²) in [6.45, 7) is 12.0. The normalized spacial score (nSPS) is 27.2. The fraction of sp³-hybridized carbons (Fsp3) is 0.812. The first-order valence-corrected chi connectivity index (χ1v) is 8.22. The van der Waals surface area contributed by atoms with E-state index in [0.717, 1.165) is 18.3 Å². The summed E-state index contributed by atoms with van der Waals surface area (Å²) in [5.41, 5.74) is 3.67. The molecule has 1 N–H and O–H groups in total. The molecule has 0 aromatic carbocycles. The zero-order valence-electron chi connectivity index (χ0n) is 13.5. The van der Waals surface area contributed by atoms with Crippen molar-refractivity contribution < 1.29 is 5.11 Å². The third kappa shape index (κ3) is 2.87. The van der Waals surface area contributed by atoms with E-state index in [2.05, 4.69) is 35.7 Å². The molecule has 0 bridgehead atoms. The van der Waals surface area contributed by atoms with Crippen LogP contribution in [0.15, 0.2) is 0 Å². The fourth-order valence-corrected chi connectivity index (χ4v) is 3.95. The van der Waals surface area contributed by atoms with E-state index >= 15 is 0 Å². The maximum atomic E-state index is 9.13. The average Bonchev–Trinajstić information content (AvgIpc) is 2.99. The molecule has 3 rings (SSSR count). The molecule has 2 aliphatic heterocycles. The number of hydrogen-bond acceptors (Lipinski definition) is 4. The van der Waals surface area contributed by atoms with Crippen molar-refractivity contribution in [3.8, 4) is 0 Å². The standard InChI is InChI=1S/C16H28N4O/c1-12-9-18-6-4-5-15(18)10-19(12)11-16-13(2)17-20(7-8-21)14(16)3/h12,15,21H,4-11H2,1-3H3. The van der Waals surface area contributed by atoms with Crippen LogP contribution in [0.4, 0.5) is 0 Å². The summed E-state index contributed by atoms with van der Waals surface area (Å²) in [5.74, 6) is 0. The molecule has 5 heteroatoms. The lowest BCUT2D eigenvalue weighted by Crippen LogP contribution is -2.54. The maximum absolute atomic E-state index is 9.13. The van der Waals surface area contributed by atoms with E-state index in [1.807, 2.05) is 4.68 Å². The van der Waals surface area contributed by atoms with Gasteiger partial charge in [-0.25, -0.2) is 0 Å². The molecule has 118 valence electrons. The highest BCUT2D eigenvalue weighted by atomic mass is 16.3. The largest absolute Gasteiger partial charge is 0.394 e. The van der Waals surface area contributed by atoms with Crippen molar-refractivity contribution in [3.63, 3.8) is 0 Å². The number of piperazine rings is 1. The summed E-state index contributed by atoms with van der Waals surface area (Å²) in [5, 5.41) is 13.7. The highest BCUT2D eigenvalue weighted by molar-refractivity contribution is 5.24. The Balaban J connectivity index is 1.74. The van der Waals surface area contributed by atoms with Gasteiger partial charge in [-0.3, -0.25) is 14.5 Å². The van der Waals surface area contributed by atoms with Crippen LogP contribution in [-0.4, -0.2) is 63.0 Å². The summed E-state index contributed by atoms with van der Waals surface area (Å²) >= 11 is 0. The summed E-state index contributed by atoms with van der Waals surface area (Å²) in [7, 11) is 0. The van der Waals surface area contributed by atoms with E-state index in [1.165, 1.54) is 43.7 Å². The van der Waals surface area contributed by atoms with Gasteiger partial charge in [-0.2, -0.15) is 5.10 Å². The fourth-order valence-electron chi connectivity index (χ4n) is 3.95. The number of fused-ring (bicyclic) bond motifs is 1. The summed E-state index contributed by atoms with van der Waals surface area (Å²) in [6.07, 6.45) is 2.71. The Kier molecular flexibility index (Phi) is 4.33. The van der Waals surface area contributed by atoms with Gasteiger partial charge < -0.3 is 5.11 Å². The van der Waals surface area contributed by atoms with E-state index in [-0.39, 0.29) is 6.61 Å². The molecule has 3 heterocycles. The highest BCUT2D eigenvalue weighted by Gasteiger charge is 2.34. The van der Waals surface area contributed by atoms with Crippen LogP contribution < -0.4 is 0 Å². The number of aryl methyl sites for hydroxylation is 1. The third-order valence-corrected chi connectivity index (χ3v) is 5.27. The molecular weight excluding hydrogens is 264 g/mol. The quantitative estimate of drug-likeness (QED) is 0.904. The van der Waals surface area contributed by atoms with E-state index in [4.69, 9.17) is 5.11 Å². The zero-order chi connectivity index (χ0) is 15.0. The van der Waals surface area contributed by atoms with Crippen LogP contribution in [0.3, 0.4) is 0 Å². The SMILES string of the molecule is Cc1nn(CCO)c(C)c1CN1CC2CCCN2CC1C. The molecule has 5 nitrogen and oxygen atoms in total. The van der Waals surface area contributed by atoms with Crippen molar-refractivity contribution in [2.24, 2.45) is 0 Å². The first-order valence-electron chi connectivity index (χ1n) is 8.22. The van der Waals surface area contributed by atoms with Crippen molar-refractivity contribution in [3.05, 3.63) is 17.0 Å². The molecular formula is C16H28N4O. The Morgan fingerprint density at radius 1 is 1.29 bits per heavy atom. The van der Waals surface area contributed by atoms with Gasteiger partial charge in [-0.05, 0) is 40.2 Å². The molecule has 2 aliphatic rings. The highest BCUT2D eigenvalue weighted by Crippen LogP contribution is 2.26. The van der Waals surface area contributed by atoms with Gasteiger partial charge >= 0.3 is 0 Å². The maximum Gasteiger partial charge on any atom is 0.0644 e. The average molecular weight is 292 g/mol. The zero-order valence-corrected chi connectivity index (χ0v) is 13.5. The van der Waals surface area contributed by atoms with Gasteiger partial charge in [0, 0.05) is 43.0 Å². The van der Waals surface area contributed by atoms with Crippen LogP contribution in [-0.2, 0) is 13.1 Å². The Morgan fingerprint density at radius 3 is 2.86 bits per heavy atom. The minimum atomic E-state index is 0.151. The minimum absolute atomic E-state index is 0.151. The second-order valence-corrected chi connectivity index (χ2v) is 6.67. The van der Waals surface area contributed by atoms with Crippen molar-refractivity contribution in [1.82, 2.24) is 19.6 Å². The monoisotopic (exact) mass is 292 g/mol. The first kappa shape index (κ1) is 15.0. The lowest BCUT2D eigenvalue weighted by molar-refractivity contribution is 0.0537. The molecule has 0 radical (unpaired) electrons. The smallest absolute Gasteiger partial charge is 0.0644 e. The lowest BCUT2D eigenvalue weighted by Gasteiger charge is -2.42. The molecule has 2 saturated heterocycles. The topological polar surface area (TPSA) is 44.5 Å². The number of aliphatic hydroxyl groups is 1. The van der Waals surface area contributed by atoms with Crippen molar-refractivity contribution in [2.75, 3.05) is 26.2 Å². The Hall–Kier alpha value is -0.910. The lowest BCUT2D eigenvalue weighted by atomic mass is 10.1. The second kappa shape index (κ2) is 6.07. The van der Waals surface area contributed by atoms with Crippen molar-refractivity contribution >= 4 is 0 Å². The number of aliphatic hydroxyl groups excluding tert-OH is 1. The van der Waals surface area contributed by atoms with Gasteiger partial charge in [-0.15, -0.1) is 0 Å². The van der Waals surface area contributed by atoms with Crippen LogP contribution in [0, 0.1) is 13.8 Å². The molecule has 0 amide bonds. The second-order valence-electron chi connectivity index (χ2n) is 6.67. The van der Waals surface area contributed by atoms with Crippen molar-refractivity contribution in [2.45, 2.75) is 58.8 Å². The van der Waals surface area contributed by atoms with Gasteiger partial charge in [0.15, 0.2) is 0 Å². The van der Waals surface area contributed by atoms with E-state index in [1.54, 1.807) is 0 Å². The number of rotatable bonds is 4. The summed E-state index contributed by atoms with van der Waals surface area (Å²) < 4.78 is 1.95. The Morgan fingerprint density at radius 2 is 2.10 bits per heavy atom. The predicted octanol–water partition coefficient (Wildman–Crippen LogP) is 1.16. The van der Waals surface area contributed by atoms with Crippen LogP contribution in [0.5, 0.6) is 0 Å². The Labute approximate surface area is 127 Å². The molecule has 1 aromatic rings. The summed E-state index contributed by atoms with van der Waals surface area (Å²) in [6, 6.07) is 1.37. The molecule has 21 heavy (non-hydrogen) atoms. The van der Waals surface area contributed by atoms with Gasteiger partial charge in [0.25, 0.3) is 0 Å². The van der Waals surface area contributed by atoms with Crippen LogP contribution >= 0.6 is 0 Å². The number of hydrogen-bond donors (Lipinski definition) is 1. The predicted molar refractivity (Wildman–Crippen MR) is 83.3 cm³/mol. The molecule has 2 unspecified atom stereocenters. The molecule has 0 spiro atoms. The molecule has 0 aliphatic carbocycles. The van der Waals surface area contributed by atoms with Gasteiger partial charge in [0.2, 0.25) is 0 Å². The molecule has 2 fully saturated rings. The minimum Gasteiger partial charge on any atom is -0.394 e. The number of nitrogens with zero attached hydrogens (tertiary/aromatic N) is 4. The van der Waals surface area contributed by atoms with Crippen LogP contribution in [0.2, 0.25) is 0 Å². The molecule has 2 atom stereocenters.